The molecule has 0 atom stereocenters. The van der Waals surface area contributed by atoms with E-state index in [1.54, 1.807) is 4.90 Å². The molecule has 1 saturated carbocycles. The number of carbonyl (C=O) groups is 3. The normalized spacial score (nSPS) is 19.8. The van der Waals surface area contributed by atoms with E-state index in [1.165, 1.54) is 57.8 Å². The second kappa shape index (κ2) is 14.0. The molecule has 210 valence electrons. The Kier molecular flexibility index (Phi) is 10.5. The van der Waals surface area contributed by atoms with E-state index in [1.807, 2.05) is 35.2 Å². The maximum atomic E-state index is 13.9. The zero-order chi connectivity index (χ0) is 26.8. The molecule has 0 aromatic heterocycles. The Balaban J connectivity index is 1.34. The molecule has 38 heavy (non-hydrogen) atoms. The van der Waals surface area contributed by atoms with Crippen molar-refractivity contribution in [1.82, 2.24) is 15.1 Å². The molecule has 2 heterocycles. The minimum atomic E-state index is -0.693. The molecule has 7 heteroatoms. The van der Waals surface area contributed by atoms with Crippen molar-refractivity contribution in [2.75, 3.05) is 37.7 Å². The van der Waals surface area contributed by atoms with Gasteiger partial charge in [0.05, 0.1) is 6.67 Å². The van der Waals surface area contributed by atoms with Crippen LogP contribution < -0.4 is 10.2 Å². The average molecular weight is 525 g/mol. The number of nitrogens with one attached hydrogen (secondary N) is 1. The number of carbonyl (C=O) groups excluding carboxylic acids is 3. The number of nitrogens with zero attached hydrogens (tertiary/aromatic N) is 3. The first kappa shape index (κ1) is 28.4. The van der Waals surface area contributed by atoms with Gasteiger partial charge in [0.15, 0.2) is 0 Å². The van der Waals surface area contributed by atoms with Crippen LogP contribution in [-0.2, 0) is 14.4 Å². The highest BCUT2D eigenvalue weighted by Gasteiger charge is 2.54. The first-order valence-corrected chi connectivity index (χ1v) is 15.2. The second-order valence-corrected chi connectivity index (χ2v) is 11.6. The van der Waals surface area contributed by atoms with Crippen LogP contribution in [0.15, 0.2) is 30.3 Å². The van der Waals surface area contributed by atoms with E-state index in [2.05, 4.69) is 17.1 Å². The van der Waals surface area contributed by atoms with Crippen LogP contribution in [-0.4, -0.2) is 65.9 Å². The summed E-state index contributed by atoms with van der Waals surface area (Å²) in [5.74, 6) is 0.732. The van der Waals surface area contributed by atoms with E-state index in [0.29, 0.717) is 51.5 Å². The summed E-state index contributed by atoms with van der Waals surface area (Å²) >= 11 is 0. The summed E-state index contributed by atoms with van der Waals surface area (Å²) in [6.45, 7) is 4.61. The highest BCUT2D eigenvalue weighted by molar-refractivity contribution is 5.96. The molecule has 7 nitrogen and oxygen atoms in total. The molecule has 1 spiro atoms. The number of piperidine rings is 1. The molecule has 3 aliphatic rings. The minimum absolute atomic E-state index is 0.0252. The van der Waals surface area contributed by atoms with Crippen molar-refractivity contribution in [3.63, 3.8) is 0 Å². The molecule has 0 bridgehead atoms. The molecule has 4 rings (SSSR count). The van der Waals surface area contributed by atoms with Crippen LogP contribution in [0.1, 0.15) is 96.8 Å². The molecule has 2 saturated heterocycles. The molecule has 2 aliphatic heterocycles. The number of amides is 3. The number of anilines is 1. The summed E-state index contributed by atoms with van der Waals surface area (Å²) in [6.07, 6.45) is 15.0. The number of hydrogen-bond donors (Lipinski definition) is 1. The fraction of sp³-hybridized carbons (Fsp3) is 0.710. The SMILES string of the molecule is CCCCCCCCC(=O)N1CCC2(CC1)C(=O)N(CC(=O)NCC1CCCCC1)CN2c1ccccc1. The average Bonchev–Trinajstić information content (AvgIpc) is 3.21. The van der Waals surface area contributed by atoms with Crippen LogP contribution in [0.3, 0.4) is 0 Å². The molecule has 1 N–H and O–H groups in total. The van der Waals surface area contributed by atoms with Crippen LogP contribution in [0.5, 0.6) is 0 Å². The van der Waals surface area contributed by atoms with Crippen LogP contribution in [0.4, 0.5) is 5.69 Å². The third-order valence-electron chi connectivity index (χ3n) is 8.92. The monoisotopic (exact) mass is 524 g/mol. The summed E-state index contributed by atoms with van der Waals surface area (Å²) in [5, 5.41) is 3.10. The Morgan fingerprint density at radius 1 is 0.947 bits per heavy atom. The van der Waals surface area contributed by atoms with Gasteiger partial charge in [-0.1, -0.05) is 76.5 Å². The first-order valence-electron chi connectivity index (χ1n) is 15.2. The van der Waals surface area contributed by atoms with Gasteiger partial charge < -0.3 is 20.0 Å². The molecule has 1 aromatic rings. The van der Waals surface area contributed by atoms with Crippen LogP contribution in [0.25, 0.3) is 0 Å². The van der Waals surface area contributed by atoms with E-state index in [0.717, 1.165) is 18.5 Å². The topological polar surface area (TPSA) is 73.0 Å². The predicted octanol–water partition coefficient (Wildman–Crippen LogP) is 5.10. The first-order chi connectivity index (χ1) is 18.5. The lowest BCUT2D eigenvalue weighted by Gasteiger charge is -2.43. The minimum Gasteiger partial charge on any atom is -0.354 e. The van der Waals surface area contributed by atoms with Gasteiger partial charge in [-0.25, -0.2) is 0 Å². The number of unbranched alkanes of at least 4 members (excludes halogenated alkanes) is 5. The fourth-order valence-corrected chi connectivity index (χ4v) is 6.54. The third kappa shape index (κ3) is 7.09. The predicted molar refractivity (Wildman–Crippen MR) is 152 cm³/mol. The Morgan fingerprint density at radius 3 is 2.34 bits per heavy atom. The summed E-state index contributed by atoms with van der Waals surface area (Å²) in [5.41, 5.74) is 0.305. The smallest absolute Gasteiger partial charge is 0.250 e. The van der Waals surface area contributed by atoms with Crippen molar-refractivity contribution < 1.29 is 14.4 Å². The highest BCUT2D eigenvalue weighted by Crippen LogP contribution is 2.39. The van der Waals surface area contributed by atoms with Crippen LogP contribution in [0, 0.1) is 5.92 Å². The van der Waals surface area contributed by atoms with E-state index in [4.69, 9.17) is 0 Å². The summed E-state index contributed by atoms with van der Waals surface area (Å²) in [7, 11) is 0. The largest absolute Gasteiger partial charge is 0.354 e. The molecular formula is C31H48N4O3. The van der Waals surface area contributed by atoms with Gasteiger partial charge in [-0.3, -0.25) is 14.4 Å². The van der Waals surface area contributed by atoms with Gasteiger partial charge in [0.25, 0.3) is 5.91 Å². The van der Waals surface area contributed by atoms with Gasteiger partial charge in [0, 0.05) is 31.7 Å². The molecular weight excluding hydrogens is 476 g/mol. The lowest BCUT2D eigenvalue weighted by Crippen LogP contribution is -2.57. The number of benzene rings is 1. The summed E-state index contributed by atoms with van der Waals surface area (Å²) in [6, 6.07) is 10.0. The fourth-order valence-electron chi connectivity index (χ4n) is 6.54. The Labute approximate surface area is 229 Å². The lowest BCUT2D eigenvalue weighted by molar-refractivity contribution is -0.140. The molecule has 0 unspecified atom stereocenters. The molecule has 1 aliphatic carbocycles. The number of likely N-dealkylation sites (tertiary alicyclic amines) is 1. The summed E-state index contributed by atoms with van der Waals surface area (Å²) in [4.78, 5) is 45.5. The van der Waals surface area contributed by atoms with E-state index >= 15 is 0 Å². The van der Waals surface area contributed by atoms with Gasteiger partial charge in [0.1, 0.15) is 12.1 Å². The molecule has 1 aromatic carbocycles. The van der Waals surface area contributed by atoms with Gasteiger partial charge in [-0.05, 0) is 50.2 Å². The van der Waals surface area contributed by atoms with Crippen molar-refractivity contribution in [3.8, 4) is 0 Å². The summed E-state index contributed by atoms with van der Waals surface area (Å²) < 4.78 is 0. The van der Waals surface area contributed by atoms with Crippen LogP contribution >= 0.6 is 0 Å². The highest BCUT2D eigenvalue weighted by atomic mass is 16.2. The number of para-hydroxylation sites is 1. The van der Waals surface area contributed by atoms with Crippen molar-refractivity contribution >= 4 is 23.4 Å². The zero-order valence-electron chi connectivity index (χ0n) is 23.5. The van der Waals surface area contributed by atoms with E-state index in [9.17, 15) is 14.4 Å². The van der Waals surface area contributed by atoms with Crippen molar-refractivity contribution in [2.24, 2.45) is 5.92 Å². The van der Waals surface area contributed by atoms with Gasteiger partial charge in [-0.2, -0.15) is 0 Å². The van der Waals surface area contributed by atoms with Crippen molar-refractivity contribution in [1.29, 1.82) is 0 Å². The van der Waals surface area contributed by atoms with E-state index < -0.39 is 5.54 Å². The molecule has 3 amide bonds. The maximum absolute atomic E-state index is 13.9. The van der Waals surface area contributed by atoms with Crippen molar-refractivity contribution in [3.05, 3.63) is 30.3 Å². The lowest BCUT2D eigenvalue weighted by atomic mass is 9.85. The molecule has 3 fully saturated rings. The van der Waals surface area contributed by atoms with Crippen LogP contribution in [0.2, 0.25) is 0 Å². The maximum Gasteiger partial charge on any atom is 0.250 e. The van der Waals surface area contributed by atoms with Gasteiger partial charge >= 0.3 is 0 Å². The quantitative estimate of drug-likeness (QED) is 0.386. The second-order valence-electron chi connectivity index (χ2n) is 11.6. The Bertz CT molecular complexity index is 907. The number of rotatable bonds is 12. The zero-order valence-corrected chi connectivity index (χ0v) is 23.5. The van der Waals surface area contributed by atoms with Gasteiger partial charge in [0.2, 0.25) is 11.8 Å². The Hall–Kier alpha value is -2.57. The Morgan fingerprint density at radius 2 is 1.63 bits per heavy atom. The molecule has 0 radical (unpaired) electrons. The standard InChI is InChI=1S/C31H48N4O3/c1-2-3-4-5-6-13-18-29(37)33-21-19-31(20-22-33)30(38)34(25-35(31)27-16-11-8-12-17-27)24-28(36)32-23-26-14-9-7-10-15-26/h8,11-12,16-17,26H,2-7,9-10,13-15,18-25H2,1H3,(H,32,36). The van der Waals surface area contributed by atoms with E-state index in [-0.39, 0.29) is 24.3 Å². The van der Waals surface area contributed by atoms with Gasteiger partial charge in [-0.15, -0.1) is 0 Å². The van der Waals surface area contributed by atoms with Crippen molar-refractivity contribution in [2.45, 2.75) is 102 Å². The number of hydrogen-bond acceptors (Lipinski definition) is 4. The third-order valence-corrected chi connectivity index (χ3v) is 8.92.